The summed E-state index contributed by atoms with van der Waals surface area (Å²) in [6.45, 7) is 5.75. The number of benzene rings is 1. The Labute approximate surface area is 125 Å². The molecule has 4 heteroatoms. The van der Waals surface area contributed by atoms with Crippen molar-refractivity contribution in [3.05, 3.63) is 52.8 Å². The predicted molar refractivity (Wildman–Crippen MR) is 83.2 cm³/mol. The van der Waals surface area contributed by atoms with E-state index < -0.39 is 0 Å². The van der Waals surface area contributed by atoms with Crippen molar-refractivity contribution in [3.8, 4) is 0 Å². The monoisotopic (exact) mass is 285 g/mol. The Hall–Kier alpha value is -1.65. The normalized spacial score (nSPS) is 19.3. The molecule has 0 saturated carbocycles. The van der Waals surface area contributed by atoms with Gasteiger partial charge in [0, 0.05) is 24.7 Å². The van der Waals surface area contributed by atoms with Crippen molar-refractivity contribution in [2.45, 2.75) is 45.4 Å². The van der Waals surface area contributed by atoms with Gasteiger partial charge in [-0.25, -0.2) is 0 Å². The fourth-order valence-electron chi connectivity index (χ4n) is 3.17. The maximum Gasteiger partial charge on any atom is 0.0982 e. The van der Waals surface area contributed by atoms with E-state index in [2.05, 4.69) is 42.4 Å². The van der Waals surface area contributed by atoms with Gasteiger partial charge in [0.2, 0.25) is 0 Å². The van der Waals surface area contributed by atoms with E-state index in [-0.39, 0.29) is 12.1 Å². The van der Waals surface area contributed by atoms with Crippen LogP contribution in [-0.4, -0.2) is 22.4 Å². The Morgan fingerprint density at radius 2 is 2.24 bits per heavy atom. The van der Waals surface area contributed by atoms with Gasteiger partial charge in [0.25, 0.3) is 0 Å². The molecule has 3 rings (SSSR count). The number of aromatic nitrogens is 2. The molecular weight excluding hydrogens is 262 g/mol. The van der Waals surface area contributed by atoms with E-state index in [0.29, 0.717) is 0 Å². The van der Waals surface area contributed by atoms with Crippen LogP contribution in [0.1, 0.15) is 35.5 Å². The number of rotatable bonds is 4. The molecule has 1 aromatic carbocycles. The van der Waals surface area contributed by atoms with Crippen LogP contribution in [-0.2, 0) is 24.1 Å². The van der Waals surface area contributed by atoms with E-state index >= 15 is 0 Å². The van der Waals surface area contributed by atoms with Gasteiger partial charge in [-0.2, -0.15) is 5.10 Å². The second-order valence-corrected chi connectivity index (χ2v) is 5.70. The molecule has 4 nitrogen and oxygen atoms in total. The molecule has 2 atom stereocenters. The highest BCUT2D eigenvalue weighted by Crippen LogP contribution is 2.30. The lowest BCUT2D eigenvalue weighted by atomic mass is 9.91. The Balaban J connectivity index is 1.81. The van der Waals surface area contributed by atoms with Crippen LogP contribution in [0.2, 0.25) is 0 Å². The molecule has 1 aliphatic heterocycles. The van der Waals surface area contributed by atoms with E-state index in [1.807, 2.05) is 11.6 Å². The average Bonchev–Trinajstić information content (AvgIpc) is 2.86. The Morgan fingerprint density at radius 3 is 3.05 bits per heavy atom. The summed E-state index contributed by atoms with van der Waals surface area (Å²) < 4.78 is 8.00. The van der Waals surface area contributed by atoms with E-state index in [1.165, 1.54) is 16.8 Å². The van der Waals surface area contributed by atoms with Crippen LogP contribution in [0, 0.1) is 6.92 Å². The van der Waals surface area contributed by atoms with Gasteiger partial charge in [0.15, 0.2) is 0 Å². The highest BCUT2D eigenvalue weighted by atomic mass is 16.5. The molecule has 112 valence electrons. The maximum atomic E-state index is 6.46. The Morgan fingerprint density at radius 1 is 1.43 bits per heavy atom. The lowest BCUT2D eigenvalue weighted by Gasteiger charge is -2.30. The van der Waals surface area contributed by atoms with Crippen molar-refractivity contribution in [1.82, 2.24) is 9.78 Å². The summed E-state index contributed by atoms with van der Waals surface area (Å²) in [7, 11) is 0. The van der Waals surface area contributed by atoms with Gasteiger partial charge in [0.1, 0.15) is 0 Å². The summed E-state index contributed by atoms with van der Waals surface area (Å²) in [6.07, 6.45) is 1.74. The number of aryl methyl sites for hydroxylation is 2. The summed E-state index contributed by atoms with van der Waals surface area (Å²) in [5.41, 5.74) is 11.3. The molecule has 2 N–H and O–H groups in total. The molecule has 2 heterocycles. The highest BCUT2D eigenvalue weighted by molar-refractivity contribution is 5.32. The molecule has 0 bridgehead atoms. The first-order chi connectivity index (χ1) is 10.2. The standard InChI is InChI=1S/C17H23N3O/c1-3-20-14(10-12(2)19-20)11-16(18)17-15-7-5-4-6-13(15)8-9-21-17/h4-7,10,16-17H,3,8-9,11,18H2,1-2H3. The molecule has 0 amide bonds. The highest BCUT2D eigenvalue weighted by Gasteiger charge is 2.27. The van der Waals surface area contributed by atoms with E-state index in [4.69, 9.17) is 10.5 Å². The minimum absolute atomic E-state index is 0.0181. The fraction of sp³-hybridized carbons (Fsp3) is 0.471. The van der Waals surface area contributed by atoms with Crippen molar-refractivity contribution in [1.29, 1.82) is 0 Å². The third kappa shape index (κ3) is 2.87. The molecule has 0 spiro atoms. The zero-order valence-electron chi connectivity index (χ0n) is 12.7. The van der Waals surface area contributed by atoms with Gasteiger partial charge in [0.05, 0.1) is 18.4 Å². The van der Waals surface area contributed by atoms with Crippen LogP contribution >= 0.6 is 0 Å². The van der Waals surface area contributed by atoms with Gasteiger partial charge >= 0.3 is 0 Å². The van der Waals surface area contributed by atoms with Crippen molar-refractivity contribution in [2.75, 3.05) is 6.61 Å². The topological polar surface area (TPSA) is 53.1 Å². The number of fused-ring (bicyclic) bond motifs is 1. The SMILES string of the molecule is CCn1nc(C)cc1CC(N)C1OCCc2ccccc21. The van der Waals surface area contributed by atoms with E-state index in [0.717, 1.165) is 31.7 Å². The van der Waals surface area contributed by atoms with Crippen LogP contribution in [0.25, 0.3) is 0 Å². The molecule has 1 aromatic heterocycles. The summed E-state index contributed by atoms with van der Waals surface area (Å²) in [4.78, 5) is 0. The molecule has 0 saturated heterocycles. The minimum Gasteiger partial charge on any atom is -0.372 e. The Bertz CT molecular complexity index is 620. The first-order valence-electron chi connectivity index (χ1n) is 7.67. The van der Waals surface area contributed by atoms with Gasteiger partial charge in [-0.3, -0.25) is 4.68 Å². The summed E-state index contributed by atoms with van der Waals surface area (Å²) in [5.74, 6) is 0. The van der Waals surface area contributed by atoms with Crippen molar-refractivity contribution in [3.63, 3.8) is 0 Å². The van der Waals surface area contributed by atoms with Gasteiger partial charge < -0.3 is 10.5 Å². The smallest absolute Gasteiger partial charge is 0.0982 e. The predicted octanol–water partition coefficient (Wildman–Crippen LogP) is 2.40. The van der Waals surface area contributed by atoms with Crippen LogP contribution in [0.15, 0.2) is 30.3 Å². The molecule has 21 heavy (non-hydrogen) atoms. The number of nitrogens with zero attached hydrogens (tertiary/aromatic N) is 2. The molecule has 2 aromatic rings. The van der Waals surface area contributed by atoms with Crippen molar-refractivity contribution in [2.24, 2.45) is 5.73 Å². The fourth-order valence-corrected chi connectivity index (χ4v) is 3.17. The number of hydrogen-bond donors (Lipinski definition) is 1. The van der Waals surface area contributed by atoms with E-state index in [1.54, 1.807) is 0 Å². The second-order valence-electron chi connectivity index (χ2n) is 5.70. The molecular formula is C17H23N3O. The zero-order valence-corrected chi connectivity index (χ0v) is 12.7. The quantitative estimate of drug-likeness (QED) is 0.938. The summed E-state index contributed by atoms with van der Waals surface area (Å²) in [6, 6.07) is 10.5. The zero-order chi connectivity index (χ0) is 14.8. The molecule has 0 radical (unpaired) electrons. The van der Waals surface area contributed by atoms with Crippen LogP contribution in [0.4, 0.5) is 0 Å². The van der Waals surface area contributed by atoms with Crippen molar-refractivity contribution < 1.29 is 4.74 Å². The molecule has 1 aliphatic rings. The third-order valence-corrected chi connectivity index (χ3v) is 4.15. The van der Waals surface area contributed by atoms with Crippen LogP contribution < -0.4 is 5.73 Å². The number of nitrogens with two attached hydrogens (primary N) is 1. The van der Waals surface area contributed by atoms with Gasteiger partial charge in [-0.05, 0) is 37.5 Å². The molecule has 0 fully saturated rings. The average molecular weight is 285 g/mol. The van der Waals surface area contributed by atoms with Crippen molar-refractivity contribution >= 4 is 0 Å². The molecule has 2 unspecified atom stereocenters. The lowest BCUT2D eigenvalue weighted by molar-refractivity contribution is 0.0242. The maximum absolute atomic E-state index is 6.46. The largest absolute Gasteiger partial charge is 0.372 e. The number of hydrogen-bond acceptors (Lipinski definition) is 3. The van der Waals surface area contributed by atoms with Gasteiger partial charge in [-0.15, -0.1) is 0 Å². The van der Waals surface area contributed by atoms with E-state index in [9.17, 15) is 0 Å². The van der Waals surface area contributed by atoms with Gasteiger partial charge in [-0.1, -0.05) is 24.3 Å². The lowest BCUT2D eigenvalue weighted by Crippen LogP contribution is -2.36. The first kappa shape index (κ1) is 14.3. The minimum atomic E-state index is -0.0483. The second kappa shape index (κ2) is 6.00. The van der Waals surface area contributed by atoms with Crippen LogP contribution in [0.5, 0.6) is 0 Å². The summed E-state index contributed by atoms with van der Waals surface area (Å²) in [5, 5.41) is 4.49. The molecule has 0 aliphatic carbocycles. The first-order valence-corrected chi connectivity index (χ1v) is 7.67. The summed E-state index contributed by atoms with van der Waals surface area (Å²) >= 11 is 0. The number of ether oxygens (including phenoxy) is 1. The third-order valence-electron chi connectivity index (χ3n) is 4.15. The van der Waals surface area contributed by atoms with Crippen LogP contribution in [0.3, 0.4) is 0 Å². The Kier molecular flexibility index (Phi) is 4.08.